The van der Waals surface area contributed by atoms with Crippen molar-refractivity contribution in [2.75, 3.05) is 0 Å². The van der Waals surface area contributed by atoms with Gasteiger partial charge in [-0.2, -0.15) is 10.5 Å². The summed E-state index contributed by atoms with van der Waals surface area (Å²) in [5.74, 6) is 0. The van der Waals surface area contributed by atoms with Crippen LogP contribution in [0, 0.1) is 22.7 Å². The third-order valence-electron chi connectivity index (χ3n) is 13.4. The maximum atomic E-state index is 11.2. The number of rotatable bonds is 3. The topological polar surface area (TPSA) is 83.7 Å². The van der Waals surface area contributed by atoms with E-state index in [-0.39, 0.29) is 0 Å². The largest absolute Gasteiger partial charge is 0.456 e. The maximum absolute atomic E-state index is 11.2. The number of hydrogen-bond acceptors (Lipinski definition) is 4. The van der Waals surface area contributed by atoms with Crippen LogP contribution < -0.4 is 0 Å². The van der Waals surface area contributed by atoms with E-state index in [0.29, 0.717) is 22.5 Å². The van der Waals surface area contributed by atoms with E-state index in [4.69, 9.17) is 8.83 Å². The van der Waals surface area contributed by atoms with Gasteiger partial charge in [0.15, 0.2) is 0 Å². The first-order valence-electron chi connectivity index (χ1n) is 21.3. The summed E-state index contributed by atoms with van der Waals surface area (Å²) < 4.78 is 17.0. The standard InChI is InChI=1S/C58H30N4O2/c59-31-45-46(32-60)49(62-51-24-19-34-10-2-4-12-38(34)58(51)44-29-42-40-14-6-8-16-54(40)64-56(42)30-52(44)62)26-25-48(45)61-47-22-20-35(27-43(47)57-37-11-3-1-9-33(37)18-23-50(57)61)36-17-21-41-39-13-5-7-15-53(39)63-55(41)28-36/h1-30H. The van der Waals surface area contributed by atoms with Crippen molar-refractivity contribution in [2.24, 2.45) is 0 Å². The molecule has 0 saturated carbocycles. The zero-order valence-electron chi connectivity index (χ0n) is 33.9. The average molecular weight is 815 g/mol. The van der Waals surface area contributed by atoms with Crippen LogP contribution in [0.3, 0.4) is 0 Å². The molecule has 0 N–H and O–H groups in total. The van der Waals surface area contributed by atoms with E-state index in [1.54, 1.807) is 0 Å². The van der Waals surface area contributed by atoms with Crippen LogP contribution in [0.2, 0.25) is 0 Å². The molecule has 0 saturated heterocycles. The van der Waals surface area contributed by atoms with Gasteiger partial charge in [0, 0.05) is 49.2 Å². The van der Waals surface area contributed by atoms with Gasteiger partial charge in [-0.05, 0) is 99.4 Å². The van der Waals surface area contributed by atoms with E-state index in [0.717, 1.165) is 120 Å². The lowest BCUT2D eigenvalue weighted by molar-refractivity contribution is 0.669. The normalized spacial score (nSPS) is 12.0. The van der Waals surface area contributed by atoms with Gasteiger partial charge in [-0.25, -0.2) is 0 Å². The molecule has 6 heteroatoms. The molecule has 64 heavy (non-hydrogen) atoms. The number of furan rings is 2. The zero-order chi connectivity index (χ0) is 42.2. The van der Waals surface area contributed by atoms with Crippen LogP contribution in [-0.2, 0) is 0 Å². The highest BCUT2D eigenvalue weighted by molar-refractivity contribution is 6.25. The molecule has 0 fully saturated rings. The van der Waals surface area contributed by atoms with Crippen molar-refractivity contribution in [3.63, 3.8) is 0 Å². The highest BCUT2D eigenvalue weighted by Crippen LogP contribution is 2.44. The van der Waals surface area contributed by atoms with Gasteiger partial charge in [-0.1, -0.05) is 109 Å². The summed E-state index contributed by atoms with van der Waals surface area (Å²) in [5.41, 5.74) is 10.9. The molecule has 0 atom stereocenters. The molecular weight excluding hydrogens is 785 g/mol. The van der Waals surface area contributed by atoms with Crippen molar-refractivity contribution >= 4 is 109 Å². The molecule has 14 rings (SSSR count). The Kier molecular flexibility index (Phi) is 6.88. The molecule has 6 nitrogen and oxygen atoms in total. The fraction of sp³-hybridized carbons (Fsp3) is 0. The summed E-state index contributed by atoms with van der Waals surface area (Å²) in [4.78, 5) is 0. The van der Waals surface area contributed by atoms with E-state index in [1.807, 2.05) is 48.5 Å². The highest BCUT2D eigenvalue weighted by atomic mass is 16.3. The number of fused-ring (bicyclic) bond motifs is 16. The summed E-state index contributed by atoms with van der Waals surface area (Å²) >= 11 is 0. The number of nitrogens with zero attached hydrogens (tertiary/aromatic N) is 4. The molecule has 4 heterocycles. The minimum absolute atomic E-state index is 0.295. The zero-order valence-corrected chi connectivity index (χ0v) is 33.9. The number of aromatic nitrogens is 2. The highest BCUT2D eigenvalue weighted by Gasteiger charge is 2.25. The number of hydrogen-bond donors (Lipinski definition) is 0. The van der Waals surface area contributed by atoms with Crippen molar-refractivity contribution in [3.05, 3.63) is 193 Å². The Bertz CT molecular complexity index is 4470. The Balaban J connectivity index is 1.03. The predicted octanol–water partition coefficient (Wildman–Crippen LogP) is 15.4. The smallest absolute Gasteiger partial charge is 0.137 e. The van der Waals surface area contributed by atoms with E-state index >= 15 is 0 Å². The van der Waals surface area contributed by atoms with Crippen LogP contribution in [0.5, 0.6) is 0 Å². The van der Waals surface area contributed by atoms with Crippen LogP contribution >= 0.6 is 0 Å². The van der Waals surface area contributed by atoms with Gasteiger partial charge in [-0.15, -0.1) is 0 Å². The lowest BCUT2D eigenvalue weighted by Crippen LogP contribution is -2.05. The average Bonchev–Trinajstić information content (AvgIpc) is 4.09. The Hall–Kier alpha value is -9.10. The first-order chi connectivity index (χ1) is 31.6. The summed E-state index contributed by atoms with van der Waals surface area (Å²) in [6.07, 6.45) is 0. The van der Waals surface area contributed by atoms with Crippen molar-refractivity contribution in [2.45, 2.75) is 0 Å². The molecular formula is C58H30N4O2. The first-order valence-corrected chi connectivity index (χ1v) is 21.3. The van der Waals surface area contributed by atoms with Gasteiger partial charge in [0.2, 0.25) is 0 Å². The predicted molar refractivity (Wildman–Crippen MR) is 260 cm³/mol. The van der Waals surface area contributed by atoms with Crippen LogP contribution in [0.15, 0.2) is 191 Å². The van der Waals surface area contributed by atoms with Gasteiger partial charge in [0.05, 0.1) is 44.6 Å². The second kappa shape index (κ2) is 12.7. The summed E-state index contributed by atoms with van der Waals surface area (Å²) in [6, 6.07) is 67.9. The third-order valence-corrected chi connectivity index (χ3v) is 13.4. The van der Waals surface area contributed by atoms with Crippen LogP contribution in [0.4, 0.5) is 0 Å². The van der Waals surface area contributed by atoms with Crippen molar-refractivity contribution < 1.29 is 8.83 Å². The lowest BCUT2D eigenvalue weighted by atomic mass is 9.99. The molecule has 0 spiro atoms. The van der Waals surface area contributed by atoms with Gasteiger partial charge < -0.3 is 18.0 Å². The number of nitriles is 2. The van der Waals surface area contributed by atoms with E-state index in [1.165, 1.54) is 0 Å². The molecule has 0 unspecified atom stereocenters. The van der Waals surface area contributed by atoms with Gasteiger partial charge >= 0.3 is 0 Å². The van der Waals surface area contributed by atoms with E-state index in [9.17, 15) is 10.5 Å². The molecule has 4 aromatic heterocycles. The monoisotopic (exact) mass is 814 g/mol. The maximum Gasteiger partial charge on any atom is 0.137 e. The minimum atomic E-state index is 0.295. The molecule has 0 aliphatic rings. The van der Waals surface area contributed by atoms with Gasteiger partial charge in [-0.3, -0.25) is 0 Å². The first kappa shape index (κ1) is 34.6. The fourth-order valence-corrected chi connectivity index (χ4v) is 10.6. The summed E-state index contributed by atoms with van der Waals surface area (Å²) in [5, 5.41) is 35.4. The van der Waals surface area contributed by atoms with Crippen LogP contribution in [-0.4, -0.2) is 9.13 Å². The van der Waals surface area contributed by atoms with Gasteiger partial charge in [0.25, 0.3) is 0 Å². The molecule has 294 valence electrons. The number of benzene rings is 10. The Morgan fingerprint density at radius 2 is 0.797 bits per heavy atom. The van der Waals surface area contributed by atoms with Gasteiger partial charge in [0.1, 0.15) is 34.5 Å². The van der Waals surface area contributed by atoms with E-state index in [2.05, 4.69) is 155 Å². The van der Waals surface area contributed by atoms with Crippen molar-refractivity contribution in [3.8, 4) is 34.6 Å². The molecule has 14 aromatic rings. The minimum Gasteiger partial charge on any atom is -0.456 e. The third kappa shape index (κ3) is 4.61. The molecule has 0 aliphatic carbocycles. The number of para-hydroxylation sites is 2. The lowest BCUT2D eigenvalue weighted by Gasteiger charge is -2.16. The fourth-order valence-electron chi connectivity index (χ4n) is 10.6. The second-order valence-corrected chi connectivity index (χ2v) is 16.6. The Labute approximate surface area is 363 Å². The summed E-state index contributed by atoms with van der Waals surface area (Å²) in [6.45, 7) is 0. The van der Waals surface area contributed by atoms with Crippen LogP contribution in [0.25, 0.3) is 132 Å². The molecule has 10 aromatic carbocycles. The second-order valence-electron chi connectivity index (χ2n) is 16.6. The molecule has 0 aliphatic heterocycles. The molecule has 0 amide bonds. The Morgan fingerprint density at radius 1 is 0.328 bits per heavy atom. The SMILES string of the molecule is N#Cc1c(-n2c3ccc(-c4ccc5c(c4)oc4ccccc45)cc3c3c4ccccc4ccc32)ccc(-n2c3cc4oc5ccccc5c4cc3c3c4ccccc4ccc32)c1C#N. The quantitative estimate of drug-likeness (QED) is 0.178. The molecule has 0 radical (unpaired) electrons. The van der Waals surface area contributed by atoms with Crippen molar-refractivity contribution in [1.29, 1.82) is 10.5 Å². The van der Waals surface area contributed by atoms with E-state index < -0.39 is 0 Å². The van der Waals surface area contributed by atoms with Crippen LogP contribution in [0.1, 0.15) is 11.1 Å². The summed E-state index contributed by atoms with van der Waals surface area (Å²) in [7, 11) is 0. The van der Waals surface area contributed by atoms with Crippen molar-refractivity contribution in [1.82, 2.24) is 9.13 Å². The Morgan fingerprint density at radius 3 is 1.42 bits per heavy atom. The molecule has 0 bridgehead atoms.